The molecule has 0 bridgehead atoms. The van der Waals surface area contributed by atoms with Crippen LogP contribution in [0.15, 0.2) is 48.7 Å². The molecule has 0 atom stereocenters. The molecule has 0 aliphatic carbocycles. The molecule has 6 heteroatoms. The van der Waals surface area contributed by atoms with Crippen LogP contribution in [-0.4, -0.2) is 30.1 Å². The molecule has 0 radical (unpaired) electrons. The number of hydrogen-bond donors (Lipinski definition) is 1. The maximum absolute atomic E-state index is 11.9. The molecule has 1 aliphatic rings. The summed E-state index contributed by atoms with van der Waals surface area (Å²) in [5.41, 5.74) is 1.74. The third kappa shape index (κ3) is 2.84. The molecular weight excluding hydrogens is 270 g/mol. The predicted octanol–water partition coefficient (Wildman–Crippen LogP) is 2.29. The lowest BCUT2D eigenvalue weighted by molar-refractivity contribution is 0.102. The zero-order valence-corrected chi connectivity index (χ0v) is 11.2. The van der Waals surface area contributed by atoms with E-state index in [1.165, 1.54) is 0 Å². The van der Waals surface area contributed by atoms with E-state index in [9.17, 15) is 9.59 Å². The first kappa shape index (κ1) is 13.1. The van der Waals surface area contributed by atoms with Crippen molar-refractivity contribution in [2.24, 2.45) is 0 Å². The van der Waals surface area contributed by atoms with Gasteiger partial charge in [0.2, 0.25) is 0 Å². The normalized spacial score (nSPS) is 13.9. The van der Waals surface area contributed by atoms with E-state index in [1.807, 2.05) is 0 Å². The van der Waals surface area contributed by atoms with Crippen molar-refractivity contribution >= 4 is 23.4 Å². The Bertz CT molecular complexity index is 656. The number of hydrogen-bond acceptors (Lipinski definition) is 4. The number of nitrogens with zero attached hydrogens (tertiary/aromatic N) is 2. The Labute approximate surface area is 121 Å². The van der Waals surface area contributed by atoms with Gasteiger partial charge >= 0.3 is 6.09 Å². The van der Waals surface area contributed by atoms with Crippen LogP contribution in [0.2, 0.25) is 0 Å². The molecule has 2 amide bonds. The van der Waals surface area contributed by atoms with Gasteiger partial charge in [-0.25, -0.2) is 4.79 Å². The highest BCUT2D eigenvalue weighted by molar-refractivity contribution is 6.03. The quantitative estimate of drug-likeness (QED) is 0.938. The molecule has 6 nitrogen and oxygen atoms in total. The molecule has 0 unspecified atom stereocenters. The molecule has 2 heterocycles. The Morgan fingerprint density at radius 3 is 2.62 bits per heavy atom. The third-order valence-corrected chi connectivity index (χ3v) is 3.10. The van der Waals surface area contributed by atoms with E-state index in [2.05, 4.69) is 10.3 Å². The lowest BCUT2D eigenvalue weighted by atomic mass is 10.2. The molecule has 2 aromatic rings. The molecule has 0 spiro atoms. The Morgan fingerprint density at radius 1 is 1.19 bits per heavy atom. The molecule has 1 saturated heterocycles. The topological polar surface area (TPSA) is 71.5 Å². The van der Waals surface area contributed by atoms with Gasteiger partial charge in [-0.15, -0.1) is 0 Å². The van der Waals surface area contributed by atoms with Crippen LogP contribution < -0.4 is 10.2 Å². The summed E-state index contributed by atoms with van der Waals surface area (Å²) in [4.78, 5) is 28.9. The first-order valence-corrected chi connectivity index (χ1v) is 6.51. The summed E-state index contributed by atoms with van der Waals surface area (Å²) in [6.07, 6.45) is 1.22. The fourth-order valence-electron chi connectivity index (χ4n) is 2.04. The number of amides is 2. The Hall–Kier alpha value is -2.89. The van der Waals surface area contributed by atoms with Crippen LogP contribution in [0, 0.1) is 0 Å². The van der Waals surface area contributed by atoms with Gasteiger partial charge < -0.3 is 10.1 Å². The zero-order chi connectivity index (χ0) is 14.7. The monoisotopic (exact) mass is 283 g/mol. The van der Waals surface area contributed by atoms with E-state index in [0.29, 0.717) is 24.5 Å². The number of ether oxygens (including phenoxy) is 1. The Balaban J connectivity index is 1.70. The van der Waals surface area contributed by atoms with Crippen LogP contribution >= 0.6 is 0 Å². The van der Waals surface area contributed by atoms with Crippen LogP contribution in [0.3, 0.4) is 0 Å². The number of nitrogens with one attached hydrogen (secondary N) is 1. The van der Waals surface area contributed by atoms with Crippen molar-refractivity contribution in [1.82, 2.24) is 4.98 Å². The number of rotatable bonds is 3. The summed E-state index contributed by atoms with van der Waals surface area (Å²) in [5.74, 6) is -0.274. The minimum atomic E-state index is -0.347. The van der Waals surface area contributed by atoms with Gasteiger partial charge in [0.15, 0.2) is 0 Å². The van der Waals surface area contributed by atoms with E-state index in [1.54, 1.807) is 53.6 Å². The second-order valence-corrected chi connectivity index (χ2v) is 4.48. The molecule has 1 aromatic carbocycles. The summed E-state index contributed by atoms with van der Waals surface area (Å²) in [6, 6.07) is 12.2. The second kappa shape index (κ2) is 5.62. The maximum Gasteiger partial charge on any atom is 0.414 e. The van der Waals surface area contributed by atoms with E-state index < -0.39 is 0 Å². The summed E-state index contributed by atoms with van der Waals surface area (Å²) < 4.78 is 4.88. The van der Waals surface area contributed by atoms with Crippen molar-refractivity contribution < 1.29 is 14.3 Å². The van der Waals surface area contributed by atoms with Crippen LogP contribution in [0.1, 0.15) is 10.5 Å². The Kier molecular flexibility index (Phi) is 3.51. The van der Waals surface area contributed by atoms with Crippen LogP contribution in [-0.2, 0) is 4.74 Å². The molecule has 1 N–H and O–H groups in total. The molecule has 0 saturated carbocycles. The zero-order valence-electron chi connectivity index (χ0n) is 11.2. The molecular formula is C15H13N3O3. The summed E-state index contributed by atoms with van der Waals surface area (Å²) >= 11 is 0. The minimum Gasteiger partial charge on any atom is -0.447 e. The highest BCUT2D eigenvalue weighted by Crippen LogP contribution is 2.21. The number of carbonyl (C=O) groups excluding carboxylic acids is 2. The fourth-order valence-corrected chi connectivity index (χ4v) is 2.04. The summed E-state index contributed by atoms with van der Waals surface area (Å²) in [6.45, 7) is 0.940. The van der Waals surface area contributed by atoms with Gasteiger partial charge in [-0.3, -0.25) is 14.7 Å². The van der Waals surface area contributed by atoms with E-state index in [-0.39, 0.29) is 12.0 Å². The van der Waals surface area contributed by atoms with Crippen LogP contribution in [0.5, 0.6) is 0 Å². The SMILES string of the molecule is O=C(Nc1ccc(N2CCOC2=O)cc1)c1ccccn1. The highest BCUT2D eigenvalue weighted by atomic mass is 16.6. The predicted molar refractivity (Wildman–Crippen MR) is 77.3 cm³/mol. The lowest BCUT2D eigenvalue weighted by Crippen LogP contribution is -2.23. The fraction of sp³-hybridized carbons (Fsp3) is 0.133. The average Bonchev–Trinajstić information content (AvgIpc) is 2.95. The van der Waals surface area contributed by atoms with Gasteiger partial charge in [-0.05, 0) is 36.4 Å². The highest BCUT2D eigenvalue weighted by Gasteiger charge is 2.23. The van der Waals surface area contributed by atoms with Crippen molar-refractivity contribution in [3.8, 4) is 0 Å². The van der Waals surface area contributed by atoms with Crippen molar-refractivity contribution in [3.63, 3.8) is 0 Å². The average molecular weight is 283 g/mol. The molecule has 21 heavy (non-hydrogen) atoms. The van der Waals surface area contributed by atoms with Crippen LogP contribution in [0.4, 0.5) is 16.2 Å². The standard InChI is InChI=1S/C15H13N3O3/c19-14(13-3-1-2-8-16-13)17-11-4-6-12(7-5-11)18-9-10-21-15(18)20/h1-8H,9-10H2,(H,17,19). The number of aromatic nitrogens is 1. The summed E-state index contributed by atoms with van der Waals surface area (Å²) in [5, 5.41) is 2.75. The number of pyridine rings is 1. The number of anilines is 2. The van der Waals surface area contributed by atoms with Gasteiger partial charge in [0.25, 0.3) is 5.91 Å². The third-order valence-electron chi connectivity index (χ3n) is 3.10. The molecule has 1 fully saturated rings. The van der Waals surface area contributed by atoms with Gasteiger partial charge in [-0.1, -0.05) is 6.07 Å². The van der Waals surface area contributed by atoms with Crippen molar-refractivity contribution in [1.29, 1.82) is 0 Å². The van der Waals surface area contributed by atoms with E-state index in [4.69, 9.17) is 4.74 Å². The number of carbonyl (C=O) groups is 2. The molecule has 106 valence electrons. The minimum absolute atomic E-state index is 0.274. The maximum atomic E-state index is 11.9. The van der Waals surface area contributed by atoms with Crippen LogP contribution in [0.25, 0.3) is 0 Å². The second-order valence-electron chi connectivity index (χ2n) is 4.48. The van der Waals surface area contributed by atoms with Gasteiger partial charge in [0.05, 0.1) is 6.54 Å². The van der Waals surface area contributed by atoms with Crippen molar-refractivity contribution in [2.45, 2.75) is 0 Å². The molecule has 1 aliphatic heterocycles. The van der Waals surface area contributed by atoms with E-state index in [0.717, 1.165) is 5.69 Å². The van der Waals surface area contributed by atoms with Gasteiger partial charge in [0.1, 0.15) is 12.3 Å². The van der Waals surface area contributed by atoms with Crippen molar-refractivity contribution in [2.75, 3.05) is 23.4 Å². The smallest absolute Gasteiger partial charge is 0.414 e. The molecule has 3 rings (SSSR count). The lowest BCUT2D eigenvalue weighted by Gasteiger charge is -2.13. The number of cyclic esters (lactones) is 1. The molecule has 1 aromatic heterocycles. The van der Waals surface area contributed by atoms with E-state index >= 15 is 0 Å². The summed E-state index contributed by atoms with van der Waals surface area (Å²) in [7, 11) is 0. The van der Waals surface area contributed by atoms with Crippen molar-refractivity contribution in [3.05, 3.63) is 54.4 Å². The first-order valence-electron chi connectivity index (χ1n) is 6.51. The first-order chi connectivity index (χ1) is 10.2. The Morgan fingerprint density at radius 2 is 2.00 bits per heavy atom. The number of benzene rings is 1. The largest absolute Gasteiger partial charge is 0.447 e. The van der Waals surface area contributed by atoms with Gasteiger partial charge in [-0.2, -0.15) is 0 Å². The van der Waals surface area contributed by atoms with Gasteiger partial charge in [0, 0.05) is 17.6 Å².